The predicted octanol–water partition coefficient (Wildman–Crippen LogP) is 0.825. The van der Waals surface area contributed by atoms with Crippen molar-refractivity contribution < 1.29 is 52.7 Å². The quantitative estimate of drug-likeness (QED) is 0.121. The molecule has 2 aliphatic heterocycles. The fraction of sp³-hybridized carbons (Fsp3) is 0.652. The van der Waals surface area contributed by atoms with Gasteiger partial charge in [0.15, 0.2) is 11.6 Å². The standard InChI is InChI=1S/C46H70N8O11S/c1-7-27(4)31-23-38(56)33(22-29-12-14-30(65-6)15-13-29)50-41(59)11-9-19-66-25-35(53-42(60)28(5)21-37(55)32(51-43(31)61)16-17-39(47)57)46(64)54-18-8-10-36(54)45(63)52-34(20-26(2)3)44(62)49-24-40(48)58/h12-15,26-28,31-36H,7-11,16-25H2,1-6H3,(H2,47,57)(H2,48,58)(H,49,62)(H,50,59)(H,51,61)(H,52,63)(H,53,60)/t27-,28+,31-,32-,33-,34-,35-,36-/m0/s1. The zero-order valence-corrected chi connectivity index (χ0v) is 39.9. The van der Waals surface area contributed by atoms with E-state index in [2.05, 4.69) is 26.6 Å². The zero-order valence-electron chi connectivity index (χ0n) is 39.1. The number of ketones is 2. The van der Waals surface area contributed by atoms with Gasteiger partial charge in [-0.2, -0.15) is 11.8 Å². The molecular weight excluding hydrogens is 873 g/mol. The Labute approximate surface area is 391 Å². The molecular formula is C46H70N8O11S. The van der Waals surface area contributed by atoms with Crippen molar-refractivity contribution in [3.05, 3.63) is 29.8 Å². The van der Waals surface area contributed by atoms with Gasteiger partial charge in [-0.1, -0.05) is 53.2 Å². The van der Waals surface area contributed by atoms with Crippen molar-refractivity contribution in [1.82, 2.24) is 31.5 Å². The molecule has 9 N–H and O–H groups in total. The molecule has 0 aliphatic carbocycles. The number of primary amides is 2. The number of ether oxygens (including phenoxy) is 1. The van der Waals surface area contributed by atoms with Gasteiger partial charge >= 0.3 is 0 Å². The fourth-order valence-corrected chi connectivity index (χ4v) is 8.89. The van der Waals surface area contributed by atoms with Gasteiger partial charge in [0.05, 0.1) is 25.7 Å². The molecule has 1 aromatic carbocycles. The minimum absolute atomic E-state index is 0.0241. The minimum Gasteiger partial charge on any atom is -0.497 e. The molecule has 2 aliphatic rings. The highest BCUT2D eigenvalue weighted by atomic mass is 32.2. The molecule has 366 valence electrons. The van der Waals surface area contributed by atoms with Gasteiger partial charge in [0.2, 0.25) is 47.3 Å². The van der Waals surface area contributed by atoms with Crippen LogP contribution in [0.15, 0.2) is 24.3 Å². The lowest BCUT2D eigenvalue weighted by Crippen LogP contribution is -2.57. The van der Waals surface area contributed by atoms with Crippen molar-refractivity contribution in [2.75, 3.05) is 31.7 Å². The monoisotopic (exact) mass is 942 g/mol. The normalized spacial score (nSPS) is 24.0. The molecule has 8 amide bonds. The number of nitrogens with zero attached hydrogens (tertiary/aromatic N) is 1. The number of hydrogen-bond donors (Lipinski definition) is 7. The maximum Gasteiger partial charge on any atom is 0.246 e. The Kier molecular flexibility index (Phi) is 22.6. The van der Waals surface area contributed by atoms with E-state index in [4.69, 9.17) is 16.2 Å². The molecule has 0 radical (unpaired) electrons. The molecule has 19 nitrogen and oxygen atoms in total. The first kappa shape index (κ1) is 54.8. The van der Waals surface area contributed by atoms with Gasteiger partial charge in [-0.25, -0.2) is 0 Å². The van der Waals surface area contributed by atoms with Crippen LogP contribution in [0, 0.1) is 23.7 Å². The highest BCUT2D eigenvalue weighted by Crippen LogP contribution is 2.25. The number of nitrogens with one attached hydrogen (secondary N) is 5. The van der Waals surface area contributed by atoms with Crippen LogP contribution in [0.5, 0.6) is 5.75 Å². The first-order valence-corrected chi connectivity index (χ1v) is 24.0. The van der Waals surface area contributed by atoms with Gasteiger partial charge in [-0.05, 0) is 73.8 Å². The Morgan fingerprint density at radius 1 is 0.894 bits per heavy atom. The van der Waals surface area contributed by atoms with E-state index in [0.29, 0.717) is 30.8 Å². The van der Waals surface area contributed by atoms with Gasteiger partial charge in [0.1, 0.15) is 23.9 Å². The number of likely N-dealkylation sites (tertiary alicyclic amines) is 1. The number of carbonyl (C=O) groups excluding carboxylic acids is 10. The molecule has 1 aromatic rings. The second-order valence-electron chi connectivity index (χ2n) is 17.8. The molecule has 8 atom stereocenters. The third kappa shape index (κ3) is 17.7. The van der Waals surface area contributed by atoms with Crippen LogP contribution in [0.3, 0.4) is 0 Å². The average molecular weight is 943 g/mol. The molecule has 2 saturated heterocycles. The van der Waals surface area contributed by atoms with Crippen LogP contribution in [-0.4, -0.2) is 126 Å². The van der Waals surface area contributed by atoms with Crippen molar-refractivity contribution in [3.8, 4) is 5.75 Å². The summed E-state index contributed by atoms with van der Waals surface area (Å²) < 4.78 is 5.27. The van der Waals surface area contributed by atoms with E-state index in [0.717, 1.165) is 5.56 Å². The predicted molar refractivity (Wildman–Crippen MR) is 247 cm³/mol. The molecule has 0 spiro atoms. The molecule has 0 aromatic heterocycles. The Morgan fingerprint density at radius 3 is 2.20 bits per heavy atom. The number of methoxy groups -OCH3 is 1. The second-order valence-corrected chi connectivity index (χ2v) is 18.9. The van der Waals surface area contributed by atoms with E-state index in [9.17, 15) is 47.9 Å². The van der Waals surface area contributed by atoms with E-state index in [1.165, 1.54) is 30.7 Å². The lowest BCUT2D eigenvalue weighted by molar-refractivity contribution is -0.142. The van der Waals surface area contributed by atoms with Gasteiger partial charge in [0.25, 0.3) is 0 Å². The van der Waals surface area contributed by atoms with Gasteiger partial charge in [0, 0.05) is 49.8 Å². The summed E-state index contributed by atoms with van der Waals surface area (Å²) in [6, 6.07) is 1.64. The van der Waals surface area contributed by atoms with Crippen LogP contribution in [0.4, 0.5) is 0 Å². The van der Waals surface area contributed by atoms with Crippen molar-refractivity contribution >= 4 is 70.6 Å². The summed E-state index contributed by atoms with van der Waals surface area (Å²) in [7, 11) is 1.53. The van der Waals surface area contributed by atoms with Crippen molar-refractivity contribution in [2.45, 2.75) is 135 Å². The third-order valence-electron chi connectivity index (χ3n) is 12.0. The van der Waals surface area contributed by atoms with Crippen LogP contribution >= 0.6 is 11.8 Å². The smallest absolute Gasteiger partial charge is 0.246 e. The number of thioether (sulfide) groups is 1. The molecule has 66 heavy (non-hydrogen) atoms. The molecule has 0 bridgehead atoms. The Bertz CT molecular complexity index is 1900. The minimum atomic E-state index is -1.24. The van der Waals surface area contributed by atoms with E-state index in [1.54, 1.807) is 24.3 Å². The summed E-state index contributed by atoms with van der Waals surface area (Å²) in [6.45, 7) is 8.64. The third-order valence-corrected chi connectivity index (χ3v) is 13.1. The van der Waals surface area contributed by atoms with E-state index < -0.39 is 102 Å². The van der Waals surface area contributed by atoms with Crippen LogP contribution in [0.2, 0.25) is 0 Å². The number of carbonyl (C=O) groups is 10. The number of benzene rings is 1. The lowest BCUT2D eigenvalue weighted by atomic mass is 9.84. The van der Waals surface area contributed by atoms with Gasteiger partial charge < -0.3 is 47.7 Å². The topological polar surface area (TPSA) is 295 Å². The van der Waals surface area contributed by atoms with Crippen LogP contribution < -0.4 is 42.8 Å². The molecule has 2 fully saturated rings. The molecule has 20 heteroatoms. The first-order valence-electron chi connectivity index (χ1n) is 22.9. The first-order chi connectivity index (χ1) is 31.2. The van der Waals surface area contributed by atoms with Crippen LogP contribution in [-0.2, 0) is 54.4 Å². The summed E-state index contributed by atoms with van der Waals surface area (Å²) in [4.78, 5) is 135. The number of amides is 8. The summed E-state index contributed by atoms with van der Waals surface area (Å²) in [5.41, 5.74) is 11.4. The van der Waals surface area contributed by atoms with E-state index in [-0.39, 0.29) is 81.3 Å². The molecule has 0 unspecified atom stereocenters. The fourth-order valence-electron chi connectivity index (χ4n) is 7.92. The summed E-state index contributed by atoms with van der Waals surface area (Å²) >= 11 is 1.30. The number of rotatable bonds is 16. The van der Waals surface area contributed by atoms with Gasteiger partial charge in [-0.15, -0.1) is 0 Å². The Hall–Kier alpha value is -5.53. The van der Waals surface area contributed by atoms with E-state index in [1.807, 2.05) is 27.7 Å². The summed E-state index contributed by atoms with van der Waals surface area (Å²) in [5.74, 6) is -7.08. The number of Topliss-reactive ketones (excluding diaryl/α,β-unsaturated/α-hetero) is 2. The largest absolute Gasteiger partial charge is 0.497 e. The lowest BCUT2D eigenvalue weighted by Gasteiger charge is -2.30. The highest BCUT2D eigenvalue weighted by Gasteiger charge is 2.40. The number of hydrogen-bond acceptors (Lipinski definition) is 12. The summed E-state index contributed by atoms with van der Waals surface area (Å²) in [6.07, 6.45) is 0.950. The maximum absolute atomic E-state index is 14.4. The Morgan fingerprint density at radius 2 is 1.58 bits per heavy atom. The highest BCUT2D eigenvalue weighted by molar-refractivity contribution is 7.99. The SMILES string of the molecule is CC[C@H](C)[C@@H]1CC(=O)[C@H](Cc2ccc(OC)cc2)NC(=O)CCCSC[C@@H](C(=O)N2CCC[C@H]2C(=O)N[C@@H](CC(C)C)C(=O)NCC(N)=O)NC(=O)[C@H](C)CC(=O)[C@H](CCC(N)=O)NC1=O. The van der Waals surface area contributed by atoms with E-state index >= 15 is 0 Å². The molecule has 0 saturated carbocycles. The zero-order chi connectivity index (χ0) is 49.1. The maximum atomic E-state index is 14.4. The molecule has 3 rings (SSSR count). The van der Waals surface area contributed by atoms with Crippen molar-refractivity contribution in [3.63, 3.8) is 0 Å². The summed E-state index contributed by atoms with van der Waals surface area (Å²) in [5, 5.41) is 13.6. The van der Waals surface area contributed by atoms with Crippen LogP contribution in [0.1, 0.15) is 104 Å². The Balaban J connectivity index is 1.94. The van der Waals surface area contributed by atoms with Crippen LogP contribution in [0.25, 0.3) is 0 Å². The van der Waals surface area contributed by atoms with Gasteiger partial charge in [-0.3, -0.25) is 47.9 Å². The van der Waals surface area contributed by atoms with Crippen molar-refractivity contribution in [2.24, 2.45) is 35.1 Å². The second kappa shape index (κ2) is 27.2. The molecule has 2 heterocycles. The average Bonchev–Trinajstić information content (AvgIpc) is 3.77. The number of nitrogens with two attached hydrogens (primary N) is 2. The van der Waals surface area contributed by atoms with Crippen molar-refractivity contribution in [1.29, 1.82) is 0 Å².